The molecule has 2 aromatic carbocycles. The molecule has 0 saturated heterocycles. The largest absolute Gasteiger partial charge is 0.300 e. The summed E-state index contributed by atoms with van der Waals surface area (Å²) in [4.78, 5) is 33.0. The number of carbonyl (C=O) groups is 3. The van der Waals surface area contributed by atoms with Crippen LogP contribution in [-0.2, 0) is 4.79 Å². The Hall–Kier alpha value is -2.55. The minimum Gasteiger partial charge on any atom is -0.300 e. The minimum atomic E-state index is -0.466. The molecule has 0 saturated carbocycles. The molecule has 2 rings (SSSR count). The van der Waals surface area contributed by atoms with E-state index in [0.717, 1.165) is 0 Å². The van der Waals surface area contributed by atoms with Crippen molar-refractivity contribution < 1.29 is 14.4 Å². The molecule has 0 N–H and O–H groups in total. The van der Waals surface area contributed by atoms with Crippen LogP contribution in [0, 0.1) is 0 Å². The number of ketones is 3. The van der Waals surface area contributed by atoms with Crippen molar-refractivity contribution in [3.05, 3.63) is 71.8 Å². The van der Waals surface area contributed by atoms with E-state index in [1.165, 1.54) is 13.8 Å². The molecule has 0 aliphatic heterocycles. The SMILES string of the molecule is CC(C)=O.O=C(C(=O)c1ccccc1)c1ccccc1. The third kappa shape index (κ3) is 4.98. The Morgan fingerprint density at radius 1 is 0.600 bits per heavy atom. The van der Waals surface area contributed by atoms with Gasteiger partial charge < -0.3 is 4.79 Å². The number of Topliss-reactive ketones (excluding diaryl/α,β-unsaturated/α-hetero) is 3. The van der Waals surface area contributed by atoms with Crippen molar-refractivity contribution in [3.63, 3.8) is 0 Å². The molecule has 102 valence electrons. The molecule has 0 atom stereocenters. The Labute approximate surface area is 118 Å². The lowest BCUT2D eigenvalue weighted by Crippen LogP contribution is -2.14. The van der Waals surface area contributed by atoms with Crippen LogP contribution in [0.3, 0.4) is 0 Å². The molecule has 0 aromatic heterocycles. The smallest absolute Gasteiger partial charge is 0.233 e. The maximum absolute atomic E-state index is 11.8. The molecular weight excluding hydrogens is 252 g/mol. The third-order valence-corrected chi connectivity index (χ3v) is 2.28. The highest BCUT2D eigenvalue weighted by atomic mass is 16.2. The highest BCUT2D eigenvalue weighted by Gasteiger charge is 2.16. The maximum atomic E-state index is 11.8. The summed E-state index contributed by atoms with van der Waals surface area (Å²) >= 11 is 0. The van der Waals surface area contributed by atoms with Gasteiger partial charge >= 0.3 is 0 Å². The summed E-state index contributed by atoms with van der Waals surface area (Å²) in [5.74, 6) is -0.765. The van der Waals surface area contributed by atoms with Crippen LogP contribution in [0.15, 0.2) is 60.7 Å². The lowest BCUT2D eigenvalue weighted by atomic mass is 10.0. The number of rotatable bonds is 3. The number of hydrogen-bond donors (Lipinski definition) is 0. The molecule has 0 fully saturated rings. The van der Waals surface area contributed by atoms with Crippen molar-refractivity contribution in [3.8, 4) is 0 Å². The van der Waals surface area contributed by atoms with Crippen LogP contribution in [0.25, 0.3) is 0 Å². The normalized spacial score (nSPS) is 9.10. The Morgan fingerprint density at radius 3 is 1.10 bits per heavy atom. The van der Waals surface area contributed by atoms with Gasteiger partial charge in [-0.15, -0.1) is 0 Å². The van der Waals surface area contributed by atoms with E-state index < -0.39 is 11.6 Å². The summed E-state index contributed by atoms with van der Waals surface area (Å²) in [7, 11) is 0. The van der Waals surface area contributed by atoms with Crippen molar-refractivity contribution in [1.29, 1.82) is 0 Å². The van der Waals surface area contributed by atoms with Crippen LogP contribution in [0.1, 0.15) is 34.6 Å². The van der Waals surface area contributed by atoms with Gasteiger partial charge in [0.1, 0.15) is 5.78 Å². The molecule has 0 heterocycles. The van der Waals surface area contributed by atoms with Crippen LogP contribution in [0.5, 0.6) is 0 Å². The summed E-state index contributed by atoms with van der Waals surface area (Å²) in [6.07, 6.45) is 0. The van der Waals surface area contributed by atoms with Crippen LogP contribution in [0.4, 0.5) is 0 Å². The Kier molecular flexibility index (Phi) is 6.04. The zero-order chi connectivity index (χ0) is 15.0. The summed E-state index contributed by atoms with van der Waals surface area (Å²) in [6.45, 7) is 3.06. The Morgan fingerprint density at radius 2 is 0.850 bits per heavy atom. The highest BCUT2D eigenvalue weighted by molar-refractivity contribution is 6.49. The first-order valence-electron chi connectivity index (χ1n) is 6.18. The van der Waals surface area contributed by atoms with Crippen molar-refractivity contribution in [2.45, 2.75) is 13.8 Å². The van der Waals surface area contributed by atoms with E-state index in [1.54, 1.807) is 48.5 Å². The van der Waals surface area contributed by atoms with Crippen molar-refractivity contribution in [2.75, 3.05) is 0 Å². The minimum absolute atomic E-state index is 0.167. The lowest BCUT2D eigenvalue weighted by molar-refractivity contribution is -0.115. The van der Waals surface area contributed by atoms with Gasteiger partial charge in [-0.2, -0.15) is 0 Å². The van der Waals surface area contributed by atoms with Gasteiger partial charge in [-0.3, -0.25) is 9.59 Å². The van der Waals surface area contributed by atoms with Crippen LogP contribution >= 0.6 is 0 Å². The fourth-order valence-corrected chi connectivity index (χ4v) is 1.44. The average Bonchev–Trinajstić information content (AvgIpc) is 2.47. The Bertz CT molecular complexity index is 533. The molecule has 0 amide bonds. The topological polar surface area (TPSA) is 51.2 Å². The summed E-state index contributed by atoms with van der Waals surface area (Å²) in [5, 5.41) is 0. The predicted molar refractivity (Wildman–Crippen MR) is 77.9 cm³/mol. The average molecular weight is 268 g/mol. The first-order valence-corrected chi connectivity index (χ1v) is 6.18. The zero-order valence-corrected chi connectivity index (χ0v) is 11.5. The molecule has 0 aliphatic carbocycles. The maximum Gasteiger partial charge on any atom is 0.233 e. The molecule has 20 heavy (non-hydrogen) atoms. The number of benzene rings is 2. The molecule has 3 nitrogen and oxygen atoms in total. The first-order chi connectivity index (χ1) is 9.52. The fraction of sp³-hybridized carbons (Fsp3) is 0.118. The van der Waals surface area contributed by atoms with Gasteiger partial charge in [-0.1, -0.05) is 60.7 Å². The van der Waals surface area contributed by atoms with Gasteiger partial charge in [-0.05, 0) is 13.8 Å². The second kappa shape index (κ2) is 7.79. The van der Waals surface area contributed by atoms with E-state index in [9.17, 15) is 14.4 Å². The fourth-order valence-electron chi connectivity index (χ4n) is 1.44. The van der Waals surface area contributed by atoms with Gasteiger partial charge in [0.2, 0.25) is 11.6 Å². The van der Waals surface area contributed by atoms with Crippen molar-refractivity contribution >= 4 is 17.3 Å². The lowest BCUT2D eigenvalue weighted by Gasteiger charge is -1.99. The molecular formula is C17H16O3. The van der Waals surface area contributed by atoms with Crippen molar-refractivity contribution in [1.82, 2.24) is 0 Å². The molecule has 0 bridgehead atoms. The molecule has 0 unspecified atom stereocenters. The third-order valence-electron chi connectivity index (χ3n) is 2.28. The standard InChI is InChI=1S/C14H10O2.C3H6O/c15-13(11-7-3-1-4-8-11)14(16)12-9-5-2-6-10-12;1-3(2)4/h1-10H;1-2H3. The summed E-state index contributed by atoms with van der Waals surface area (Å²) < 4.78 is 0. The van der Waals surface area contributed by atoms with E-state index >= 15 is 0 Å². The molecule has 0 radical (unpaired) electrons. The van der Waals surface area contributed by atoms with E-state index in [4.69, 9.17) is 0 Å². The quantitative estimate of drug-likeness (QED) is 0.633. The monoisotopic (exact) mass is 268 g/mol. The Balaban J connectivity index is 0.000000444. The second-order valence-electron chi connectivity index (χ2n) is 4.30. The highest BCUT2D eigenvalue weighted by Crippen LogP contribution is 2.07. The van der Waals surface area contributed by atoms with Crippen LogP contribution in [0.2, 0.25) is 0 Å². The van der Waals surface area contributed by atoms with Gasteiger partial charge in [0, 0.05) is 11.1 Å². The molecule has 0 aliphatic rings. The van der Waals surface area contributed by atoms with Crippen molar-refractivity contribution in [2.24, 2.45) is 0 Å². The van der Waals surface area contributed by atoms with E-state index in [-0.39, 0.29) is 5.78 Å². The first kappa shape index (κ1) is 15.5. The van der Waals surface area contributed by atoms with E-state index in [0.29, 0.717) is 11.1 Å². The van der Waals surface area contributed by atoms with Crippen LogP contribution in [-0.4, -0.2) is 17.3 Å². The van der Waals surface area contributed by atoms with E-state index in [1.807, 2.05) is 12.1 Å². The molecule has 2 aromatic rings. The number of carbonyl (C=O) groups excluding carboxylic acids is 3. The van der Waals surface area contributed by atoms with E-state index in [2.05, 4.69) is 0 Å². The van der Waals surface area contributed by atoms with Gasteiger partial charge in [0.25, 0.3) is 0 Å². The predicted octanol–water partition coefficient (Wildman–Crippen LogP) is 3.35. The van der Waals surface area contributed by atoms with Gasteiger partial charge in [0.15, 0.2) is 0 Å². The van der Waals surface area contributed by atoms with Gasteiger partial charge in [-0.25, -0.2) is 0 Å². The van der Waals surface area contributed by atoms with Crippen LogP contribution < -0.4 is 0 Å². The number of hydrogen-bond acceptors (Lipinski definition) is 3. The summed E-state index contributed by atoms with van der Waals surface area (Å²) in [6, 6.07) is 17.2. The molecule has 0 spiro atoms. The zero-order valence-electron chi connectivity index (χ0n) is 11.5. The second-order valence-corrected chi connectivity index (χ2v) is 4.30. The summed E-state index contributed by atoms with van der Waals surface area (Å²) in [5.41, 5.74) is 0.854. The molecule has 3 heteroatoms. The van der Waals surface area contributed by atoms with Gasteiger partial charge in [0.05, 0.1) is 0 Å².